The van der Waals surface area contributed by atoms with Gasteiger partial charge in [0.2, 0.25) is 11.8 Å². The number of rotatable bonds is 20. The minimum atomic E-state index is -0.748. The molecule has 0 fully saturated rings. The summed E-state index contributed by atoms with van der Waals surface area (Å²) < 4.78 is 0. The first kappa shape index (κ1) is 27.7. The van der Waals surface area contributed by atoms with Crippen molar-refractivity contribution in [2.45, 2.75) is 89.5 Å². The van der Waals surface area contributed by atoms with Crippen molar-refractivity contribution < 1.29 is 19.5 Å². The fourth-order valence-electron chi connectivity index (χ4n) is 3.00. The summed E-state index contributed by atoms with van der Waals surface area (Å²) in [6, 6.07) is -0.470. The Kier molecular flexibility index (Phi) is 19.1. The molecular formula is C21H41N3O4S. The molecule has 1 atom stereocenters. The van der Waals surface area contributed by atoms with E-state index in [2.05, 4.69) is 10.6 Å². The van der Waals surface area contributed by atoms with Crippen molar-refractivity contribution in [1.29, 1.82) is 0 Å². The molecule has 170 valence electrons. The molecule has 29 heavy (non-hydrogen) atoms. The lowest BCUT2D eigenvalue weighted by molar-refractivity contribution is -0.137. The Morgan fingerprint density at radius 3 is 2.10 bits per heavy atom. The van der Waals surface area contributed by atoms with Gasteiger partial charge in [-0.15, -0.1) is 0 Å². The highest BCUT2D eigenvalue weighted by molar-refractivity contribution is 7.98. The van der Waals surface area contributed by atoms with Crippen molar-refractivity contribution in [3.8, 4) is 0 Å². The number of amides is 2. The molecule has 0 heterocycles. The average Bonchev–Trinajstić information content (AvgIpc) is 2.69. The molecule has 0 rings (SSSR count). The number of nitrogens with two attached hydrogens (primary N) is 1. The van der Waals surface area contributed by atoms with E-state index >= 15 is 0 Å². The van der Waals surface area contributed by atoms with Crippen LogP contribution in [0.5, 0.6) is 0 Å². The first-order valence-corrected chi connectivity index (χ1v) is 12.4. The zero-order valence-electron chi connectivity index (χ0n) is 18.0. The number of hydrogen-bond donors (Lipinski definition) is 4. The van der Waals surface area contributed by atoms with Crippen LogP contribution in [0.15, 0.2) is 0 Å². The maximum absolute atomic E-state index is 12.4. The third kappa shape index (κ3) is 18.5. The summed E-state index contributed by atoms with van der Waals surface area (Å²) in [4.78, 5) is 35.1. The standard InChI is InChI=1S/C21H41N3O4S/c1-29-17-14-18(24-19(25)12-8-4-2-6-10-15-22)21(28)23-16-11-7-3-5-9-13-20(26)27/h18H,2-17,22H2,1H3,(H,23,28)(H,24,25)(H,26,27)/t18-/m0/s1. The van der Waals surface area contributed by atoms with Crippen LogP contribution in [0.2, 0.25) is 0 Å². The lowest BCUT2D eigenvalue weighted by atomic mass is 10.1. The number of unbranched alkanes of at least 4 members (excludes halogenated alkanes) is 8. The Hall–Kier alpha value is -1.28. The number of hydrogen-bond acceptors (Lipinski definition) is 5. The summed E-state index contributed by atoms with van der Waals surface area (Å²) in [6.45, 7) is 1.31. The largest absolute Gasteiger partial charge is 0.481 e. The van der Waals surface area contributed by atoms with Crippen LogP contribution in [-0.4, -0.2) is 54.0 Å². The maximum atomic E-state index is 12.4. The Morgan fingerprint density at radius 2 is 1.48 bits per heavy atom. The zero-order chi connectivity index (χ0) is 21.7. The molecule has 0 saturated heterocycles. The molecule has 7 nitrogen and oxygen atoms in total. The third-order valence-corrected chi connectivity index (χ3v) is 5.38. The first-order chi connectivity index (χ1) is 14.0. The molecule has 0 aromatic heterocycles. The van der Waals surface area contributed by atoms with Crippen molar-refractivity contribution in [3.63, 3.8) is 0 Å². The van der Waals surface area contributed by atoms with Crippen molar-refractivity contribution >= 4 is 29.5 Å². The van der Waals surface area contributed by atoms with Gasteiger partial charge in [-0.3, -0.25) is 14.4 Å². The third-order valence-electron chi connectivity index (χ3n) is 4.74. The number of carboxylic acids is 1. The lowest BCUT2D eigenvalue weighted by Gasteiger charge is -2.18. The smallest absolute Gasteiger partial charge is 0.303 e. The molecule has 2 amide bonds. The molecule has 0 spiro atoms. The fourth-order valence-corrected chi connectivity index (χ4v) is 3.47. The van der Waals surface area contributed by atoms with Gasteiger partial charge in [-0.2, -0.15) is 11.8 Å². The zero-order valence-corrected chi connectivity index (χ0v) is 18.9. The van der Waals surface area contributed by atoms with Crippen molar-refractivity contribution in [2.75, 3.05) is 25.1 Å². The Balaban J connectivity index is 3.99. The van der Waals surface area contributed by atoms with Gasteiger partial charge < -0.3 is 21.5 Å². The Morgan fingerprint density at radius 1 is 0.897 bits per heavy atom. The maximum Gasteiger partial charge on any atom is 0.303 e. The van der Waals surface area contributed by atoms with Gasteiger partial charge in [-0.05, 0) is 50.7 Å². The van der Waals surface area contributed by atoms with E-state index in [0.29, 0.717) is 25.8 Å². The number of thioether (sulfide) groups is 1. The van der Waals surface area contributed by atoms with Crippen LogP contribution in [0.25, 0.3) is 0 Å². The second kappa shape index (κ2) is 20.0. The van der Waals surface area contributed by atoms with Crippen molar-refractivity contribution in [1.82, 2.24) is 10.6 Å². The first-order valence-electron chi connectivity index (χ1n) is 11.0. The molecule has 0 aromatic rings. The molecule has 0 aromatic carbocycles. The van der Waals surface area contributed by atoms with E-state index in [9.17, 15) is 14.4 Å². The molecule has 0 unspecified atom stereocenters. The molecule has 8 heteroatoms. The normalized spacial score (nSPS) is 11.8. The monoisotopic (exact) mass is 431 g/mol. The average molecular weight is 432 g/mol. The predicted molar refractivity (Wildman–Crippen MR) is 120 cm³/mol. The van der Waals surface area contributed by atoms with Crippen molar-refractivity contribution in [3.05, 3.63) is 0 Å². The number of aliphatic carboxylic acids is 1. The summed E-state index contributed by atoms with van der Waals surface area (Å²) in [6.07, 6.45) is 12.8. The number of nitrogens with one attached hydrogen (secondary N) is 2. The highest BCUT2D eigenvalue weighted by Crippen LogP contribution is 2.07. The second-order valence-corrected chi connectivity index (χ2v) is 8.40. The van der Waals surface area contributed by atoms with E-state index in [1.165, 1.54) is 0 Å². The van der Waals surface area contributed by atoms with Crippen LogP contribution >= 0.6 is 11.8 Å². The molecule has 0 saturated carbocycles. The lowest BCUT2D eigenvalue weighted by Crippen LogP contribution is -2.47. The molecule has 0 radical (unpaired) electrons. The minimum absolute atomic E-state index is 0.0523. The number of carboxylic acid groups (broad SMARTS) is 1. The number of carbonyl (C=O) groups is 3. The van der Waals surface area contributed by atoms with Crippen LogP contribution in [0, 0.1) is 0 Å². The van der Waals surface area contributed by atoms with Crippen LogP contribution in [0.1, 0.15) is 83.5 Å². The molecule has 0 aliphatic rings. The SMILES string of the molecule is CSCC[C@H](NC(=O)CCCCCCCN)C(=O)NCCCCCCCC(=O)O. The van der Waals surface area contributed by atoms with Gasteiger partial charge in [0.1, 0.15) is 6.04 Å². The van der Waals surface area contributed by atoms with E-state index < -0.39 is 12.0 Å². The van der Waals surface area contributed by atoms with Crippen LogP contribution in [0.3, 0.4) is 0 Å². The quantitative estimate of drug-likeness (QED) is 0.220. The summed E-state index contributed by atoms with van der Waals surface area (Å²) >= 11 is 1.66. The topological polar surface area (TPSA) is 122 Å². The molecular weight excluding hydrogens is 390 g/mol. The van der Waals surface area contributed by atoms with Crippen LogP contribution < -0.4 is 16.4 Å². The van der Waals surface area contributed by atoms with Gasteiger partial charge >= 0.3 is 5.97 Å². The van der Waals surface area contributed by atoms with Gasteiger partial charge in [0.25, 0.3) is 0 Å². The highest BCUT2D eigenvalue weighted by Gasteiger charge is 2.19. The van der Waals surface area contributed by atoms with E-state index in [4.69, 9.17) is 10.8 Å². The summed E-state index contributed by atoms with van der Waals surface area (Å²) in [5.41, 5.74) is 5.47. The minimum Gasteiger partial charge on any atom is -0.481 e. The van der Waals surface area contributed by atoms with Crippen molar-refractivity contribution in [2.24, 2.45) is 5.73 Å². The van der Waals surface area contributed by atoms with Gasteiger partial charge in [-0.1, -0.05) is 38.5 Å². The van der Waals surface area contributed by atoms with E-state index in [0.717, 1.165) is 70.1 Å². The van der Waals surface area contributed by atoms with Crippen LogP contribution in [0.4, 0.5) is 0 Å². The summed E-state index contributed by atoms with van der Waals surface area (Å²) in [7, 11) is 0. The Labute approximate surface area is 180 Å². The molecule has 0 bridgehead atoms. The number of carbonyl (C=O) groups excluding carboxylic acids is 2. The van der Waals surface area contributed by atoms with Gasteiger partial charge in [0, 0.05) is 19.4 Å². The molecule has 0 aliphatic carbocycles. The van der Waals surface area contributed by atoms with E-state index in [1.807, 2.05) is 6.26 Å². The molecule has 5 N–H and O–H groups in total. The second-order valence-electron chi connectivity index (χ2n) is 7.41. The summed E-state index contributed by atoms with van der Waals surface area (Å²) in [5, 5.41) is 14.4. The van der Waals surface area contributed by atoms with Gasteiger partial charge in [0.05, 0.1) is 0 Å². The molecule has 0 aliphatic heterocycles. The Bertz CT molecular complexity index is 450. The summed E-state index contributed by atoms with van der Waals surface area (Å²) in [5.74, 6) is -0.0898. The van der Waals surface area contributed by atoms with E-state index in [-0.39, 0.29) is 18.2 Å². The fraction of sp³-hybridized carbons (Fsp3) is 0.857. The van der Waals surface area contributed by atoms with Gasteiger partial charge in [0.15, 0.2) is 0 Å². The highest BCUT2D eigenvalue weighted by atomic mass is 32.2. The van der Waals surface area contributed by atoms with E-state index in [1.54, 1.807) is 11.8 Å². The van der Waals surface area contributed by atoms with Gasteiger partial charge in [-0.25, -0.2) is 0 Å². The predicted octanol–water partition coefficient (Wildman–Crippen LogP) is 3.07. The van der Waals surface area contributed by atoms with Crippen LogP contribution in [-0.2, 0) is 14.4 Å².